The Morgan fingerprint density at radius 1 is 1.78 bits per heavy atom. The van der Waals surface area contributed by atoms with Gasteiger partial charge in [-0.1, -0.05) is 0 Å². The van der Waals surface area contributed by atoms with Crippen molar-refractivity contribution in [2.45, 2.75) is 0 Å². The molecule has 0 saturated carbocycles. The molecule has 2 nitrogen and oxygen atoms in total. The quantitative estimate of drug-likeness (QED) is 0.564. The van der Waals surface area contributed by atoms with E-state index in [-0.39, 0.29) is 5.56 Å². The molecule has 0 aromatic carbocycles. The van der Waals surface area contributed by atoms with Crippen molar-refractivity contribution in [3.63, 3.8) is 0 Å². The topological polar surface area (TPSA) is 30.2 Å². The molecule has 1 rings (SSSR count). The number of rotatable bonds is 2. The third-order valence-corrected chi connectivity index (χ3v) is 0.965. The van der Waals surface area contributed by atoms with Gasteiger partial charge in [0.2, 0.25) is 0 Å². The number of Topliss-reactive ketones (excluding diaryl/α,β-unsaturated/α-hetero) is 1. The number of halogens is 1. The zero-order valence-corrected chi connectivity index (χ0v) is 4.63. The maximum Gasteiger partial charge on any atom is 0.197 e. The number of carbonyl (C=O) groups is 1. The van der Waals surface area contributed by atoms with Gasteiger partial charge in [-0.05, 0) is 6.07 Å². The lowest BCUT2D eigenvalue weighted by Crippen LogP contribution is -1.97. The zero-order valence-electron chi connectivity index (χ0n) is 4.63. The highest BCUT2D eigenvalue weighted by Gasteiger charge is 2.03. The molecule has 0 spiro atoms. The molecule has 0 aliphatic heterocycles. The third kappa shape index (κ3) is 1.16. The van der Waals surface area contributed by atoms with Crippen molar-refractivity contribution in [3.8, 4) is 0 Å². The van der Waals surface area contributed by atoms with E-state index in [9.17, 15) is 9.18 Å². The number of hydrogen-bond donors (Lipinski definition) is 0. The fourth-order valence-electron chi connectivity index (χ4n) is 0.500. The molecular formula is C6H5FO2. The van der Waals surface area contributed by atoms with Gasteiger partial charge in [0.25, 0.3) is 0 Å². The van der Waals surface area contributed by atoms with Crippen LogP contribution in [0.1, 0.15) is 10.4 Å². The number of hydrogen-bond acceptors (Lipinski definition) is 2. The van der Waals surface area contributed by atoms with E-state index in [4.69, 9.17) is 0 Å². The molecule has 0 saturated heterocycles. The summed E-state index contributed by atoms with van der Waals surface area (Å²) >= 11 is 0. The first-order chi connectivity index (χ1) is 4.34. The first kappa shape index (κ1) is 6.01. The van der Waals surface area contributed by atoms with Crippen LogP contribution in [0.5, 0.6) is 0 Å². The van der Waals surface area contributed by atoms with Gasteiger partial charge in [-0.25, -0.2) is 4.39 Å². The zero-order chi connectivity index (χ0) is 6.69. The summed E-state index contributed by atoms with van der Waals surface area (Å²) in [4.78, 5) is 10.4. The van der Waals surface area contributed by atoms with Crippen molar-refractivity contribution in [2.24, 2.45) is 0 Å². The van der Waals surface area contributed by atoms with E-state index in [0.29, 0.717) is 0 Å². The third-order valence-electron chi connectivity index (χ3n) is 0.965. The van der Waals surface area contributed by atoms with Crippen LogP contribution >= 0.6 is 0 Å². The minimum atomic E-state index is -0.959. The highest BCUT2D eigenvalue weighted by Crippen LogP contribution is 2.00. The second-order valence-electron chi connectivity index (χ2n) is 1.57. The fraction of sp³-hybridized carbons (Fsp3) is 0.167. The number of alkyl halides is 1. The van der Waals surface area contributed by atoms with E-state index < -0.39 is 12.5 Å². The Morgan fingerprint density at radius 3 is 3.00 bits per heavy atom. The summed E-state index contributed by atoms with van der Waals surface area (Å²) in [5.41, 5.74) is 0.289. The van der Waals surface area contributed by atoms with Gasteiger partial charge >= 0.3 is 0 Å². The van der Waals surface area contributed by atoms with Gasteiger partial charge in [0.05, 0.1) is 11.8 Å². The lowest BCUT2D eigenvalue weighted by atomic mass is 10.2. The second-order valence-corrected chi connectivity index (χ2v) is 1.57. The summed E-state index contributed by atoms with van der Waals surface area (Å²) < 4.78 is 16.1. The van der Waals surface area contributed by atoms with Crippen molar-refractivity contribution in [1.82, 2.24) is 0 Å². The van der Waals surface area contributed by atoms with E-state index in [0.717, 1.165) is 0 Å². The number of ketones is 1. The van der Waals surface area contributed by atoms with Crippen LogP contribution in [-0.2, 0) is 0 Å². The molecule has 3 heteroatoms. The van der Waals surface area contributed by atoms with E-state index in [1.807, 2.05) is 0 Å². The Labute approximate surface area is 51.3 Å². The smallest absolute Gasteiger partial charge is 0.197 e. The molecule has 48 valence electrons. The summed E-state index contributed by atoms with van der Waals surface area (Å²) in [6.45, 7) is -0.959. The highest BCUT2D eigenvalue weighted by molar-refractivity contribution is 5.96. The van der Waals surface area contributed by atoms with Crippen molar-refractivity contribution in [1.29, 1.82) is 0 Å². The van der Waals surface area contributed by atoms with Gasteiger partial charge in [0.15, 0.2) is 12.5 Å². The maximum absolute atomic E-state index is 11.6. The number of furan rings is 1. The van der Waals surface area contributed by atoms with Crippen molar-refractivity contribution < 1.29 is 13.6 Å². The van der Waals surface area contributed by atoms with Crippen LogP contribution < -0.4 is 0 Å². The van der Waals surface area contributed by atoms with Crippen LogP contribution in [0.4, 0.5) is 4.39 Å². The van der Waals surface area contributed by atoms with Gasteiger partial charge in [0.1, 0.15) is 6.26 Å². The molecule has 0 aliphatic rings. The minimum absolute atomic E-state index is 0.289. The van der Waals surface area contributed by atoms with Crippen molar-refractivity contribution in [3.05, 3.63) is 24.2 Å². The van der Waals surface area contributed by atoms with E-state index in [2.05, 4.69) is 4.42 Å². The monoisotopic (exact) mass is 128 g/mol. The molecule has 9 heavy (non-hydrogen) atoms. The largest absolute Gasteiger partial charge is 0.472 e. The Morgan fingerprint density at radius 2 is 2.56 bits per heavy atom. The normalized spacial score (nSPS) is 9.44. The van der Waals surface area contributed by atoms with Gasteiger partial charge in [-0.15, -0.1) is 0 Å². The molecule has 0 radical (unpaired) electrons. The van der Waals surface area contributed by atoms with Crippen molar-refractivity contribution in [2.75, 3.05) is 6.67 Å². The Hall–Kier alpha value is -1.12. The van der Waals surface area contributed by atoms with Crippen LogP contribution in [0.2, 0.25) is 0 Å². The average molecular weight is 128 g/mol. The van der Waals surface area contributed by atoms with Crippen LogP contribution in [0, 0.1) is 0 Å². The van der Waals surface area contributed by atoms with Crippen LogP contribution in [0.3, 0.4) is 0 Å². The molecule has 0 unspecified atom stereocenters. The standard InChI is InChI=1S/C6H5FO2/c7-3-6(8)5-1-2-9-4-5/h1-2,4H,3H2. The van der Waals surface area contributed by atoms with E-state index >= 15 is 0 Å². The average Bonchev–Trinajstić information content (AvgIpc) is 2.37. The number of carbonyl (C=O) groups excluding carboxylic acids is 1. The fourth-order valence-corrected chi connectivity index (χ4v) is 0.500. The Balaban J connectivity index is 2.77. The van der Waals surface area contributed by atoms with E-state index in [1.165, 1.54) is 18.6 Å². The molecule has 1 aromatic heterocycles. The van der Waals surface area contributed by atoms with Gasteiger partial charge in [0, 0.05) is 0 Å². The molecular weight excluding hydrogens is 123 g/mol. The Bertz CT molecular complexity index is 191. The molecule has 1 heterocycles. The molecule has 0 bridgehead atoms. The van der Waals surface area contributed by atoms with E-state index in [1.54, 1.807) is 0 Å². The molecule has 0 aliphatic carbocycles. The van der Waals surface area contributed by atoms with Crippen LogP contribution in [0.15, 0.2) is 23.0 Å². The van der Waals surface area contributed by atoms with Gasteiger partial charge in [-0.3, -0.25) is 4.79 Å². The molecule has 1 aromatic rings. The highest BCUT2D eigenvalue weighted by atomic mass is 19.1. The van der Waals surface area contributed by atoms with Gasteiger partial charge in [-0.2, -0.15) is 0 Å². The molecule has 0 amide bonds. The maximum atomic E-state index is 11.6. The van der Waals surface area contributed by atoms with Gasteiger partial charge < -0.3 is 4.42 Å². The predicted octanol–water partition coefficient (Wildman–Crippen LogP) is 1.43. The Kier molecular flexibility index (Phi) is 1.63. The first-order valence-electron chi connectivity index (χ1n) is 2.46. The van der Waals surface area contributed by atoms with Crippen LogP contribution in [0.25, 0.3) is 0 Å². The minimum Gasteiger partial charge on any atom is -0.472 e. The SMILES string of the molecule is O=C(CF)c1ccoc1. The summed E-state index contributed by atoms with van der Waals surface area (Å²) in [7, 11) is 0. The van der Waals surface area contributed by atoms with Crippen molar-refractivity contribution >= 4 is 5.78 Å². The van der Waals surface area contributed by atoms with Crippen LogP contribution in [-0.4, -0.2) is 12.5 Å². The second kappa shape index (κ2) is 2.44. The summed E-state index contributed by atoms with van der Waals surface area (Å²) in [5, 5.41) is 0. The molecule has 0 N–H and O–H groups in total. The molecule has 0 fully saturated rings. The summed E-state index contributed by atoms with van der Waals surface area (Å²) in [5.74, 6) is -0.538. The first-order valence-corrected chi connectivity index (χ1v) is 2.46. The predicted molar refractivity (Wildman–Crippen MR) is 29.0 cm³/mol. The summed E-state index contributed by atoms with van der Waals surface area (Å²) in [6, 6.07) is 1.43. The lowest BCUT2D eigenvalue weighted by molar-refractivity contribution is 0.0958. The molecule has 0 atom stereocenters. The lowest BCUT2D eigenvalue weighted by Gasteiger charge is -1.83. The summed E-state index contributed by atoms with van der Waals surface area (Å²) in [6.07, 6.45) is 2.56.